The van der Waals surface area contributed by atoms with Crippen LogP contribution in [0.15, 0.2) is 158 Å². The number of fused-ring (bicyclic) bond motifs is 7. The summed E-state index contributed by atoms with van der Waals surface area (Å²) in [6, 6.07) is 58.3. The summed E-state index contributed by atoms with van der Waals surface area (Å²) in [5, 5.41) is 7.57. The summed E-state index contributed by atoms with van der Waals surface area (Å²) in [6.07, 6.45) is 0. The van der Waals surface area contributed by atoms with Gasteiger partial charge in [0.15, 0.2) is 0 Å². The molecule has 0 aliphatic rings. The molecule has 3 heteroatoms. The molecular formula is C48H38N2S. The van der Waals surface area contributed by atoms with Gasteiger partial charge >= 0.3 is 0 Å². The van der Waals surface area contributed by atoms with Crippen LogP contribution in [0.25, 0.3) is 41.7 Å². The van der Waals surface area contributed by atoms with Crippen molar-refractivity contribution < 1.29 is 0 Å². The van der Waals surface area contributed by atoms with Gasteiger partial charge in [-0.15, -0.1) is 11.3 Å². The maximum absolute atomic E-state index is 2.44. The van der Waals surface area contributed by atoms with Crippen molar-refractivity contribution in [2.45, 2.75) is 27.7 Å². The van der Waals surface area contributed by atoms with Crippen LogP contribution in [-0.2, 0) is 0 Å². The molecule has 9 aromatic rings. The fourth-order valence-corrected chi connectivity index (χ4v) is 8.72. The molecule has 0 saturated heterocycles. The van der Waals surface area contributed by atoms with Gasteiger partial charge in [0.2, 0.25) is 0 Å². The quantitative estimate of drug-likeness (QED) is 0.173. The molecule has 246 valence electrons. The first kappa shape index (κ1) is 31.1. The molecule has 0 amide bonds. The Balaban J connectivity index is 1.38. The van der Waals surface area contributed by atoms with E-state index in [1.54, 1.807) is 0 Å². The number of benzene rings is 8. The van der Waals surface area contributed by atoms with Crippen molar-refractivity contribution in [2.24, 2.45) is 0 Å². The normalized spacial score (nSPS) is 11.5. The van der Waals surface area contributed by atoms with E-state index in [4.69, 9.17) is 0 Å². The molecule has 0 aliphatic heterocycles. The molecule has 0 atom stereocenters. The molecule has 8 aromatic carbocycles. The van der Waals surface area contributed by atoms with Gasteiger partial charge in [-0.05, 0) is 88.4 Å². The van der Waals surface area contributed by atoms with Crippen LogP contribution in [0.5, 0.6) is 0 Å². The summed E-state index contributed by atoms with van der Waals surface area (Å²) in [5.74, 6) is 0. The molecule has 0 unspecified atom stereocenters. The molecule has 0 aliphatic carbocycles. The zero-order chi connectivity index (χ0) is 34.6. The van der Waals surface area contributed by atoms with Crippen molar-refractivity contribution >= 4 is 87.2 Å². The Morgan fingerprint density at radius 1 is 0.314 bits per heavy atom. The van der Waals surface area contributed by atoms with Crippen molar-refractivity contribution in [3.05, 3.63) is 180 Å². The molecule has 0 radical (unpaired) electrons. The average Bonchev–Trinajstić information content (AvgIpc) is 3.54. The molecule has 0 spiro atoms. The summed E-state index contributed by atoms with van der Waals surface area (Å²) in [4.78, 5) is 4.86. The summed E-state index contributed by atoms with van der Waals surface area (Å²) < 4.78 is 2.63. The summed E-state index contributed by atoms with van der Waals surface area (Å²) in [7, 11) is 0. The number of hydrogen-bond donors (Lipinski definition) is 0. The van der Waals surface area contributed by atoms with Crippen molar-refractivity contribution in [2.75, 3.05) is 9.80 Å². The smallest absolute Gasteiger partial charge is 0.0547 e. The van der Waals surface area contributed by atoms with E-state index in [0.717, 1.165) is 22.7 Å². The van der Waals surface area contributed by atoms with Gasteiger partial charge in [0.1, 0.15) is 0 Å². The Hall–Kier alpha value is -5.90. The van der Waals surface area contributed by atoms with E-state index < -0.39 is 0 Å². The first-order chi connectivity index (χ1) is 24.9. The van der Waals surface area contributed by atoms with Gasteiger partial charge in [0.05, 0.1) is 11.4 Å². The molecule has 0 N–H and O–H groups in total. The molecule has 0 bridgehead atoms. The minimum atomic E-state index is 1.14. The predicted octanol–water partition coefficient (Wildman–Crippen LogP) is 14.5. The predicted molar refractivity (Wildman–Crippen MR) is 223 cm³/mol. The van der Waals surface area contributed by atoms with Crippen molar-refractivity contribution in [1.29, 1.82) is 0 Å². The Morgan fingerprint density at radius 2 is 0.588 bits per heavy atom. The Labute approximate surface area is 303 Å². The zero-order valence-electron chi connectivity index (χ0n) is 29.3. The minimum Gasteiger partial charge on any atom is -0.310 e. The molecule has 2 nitrogen and oxygen atoms in total. The molecular weight excluding hydrogens is 637 g/mol. The number of rotatable bonds is 6. The topological polar surface area (TPSA) is 6.48 Å². The van der Waals surface area contributed by atoms with Crippen LogP contribution >= 0.6 is 11.3 Å². The second kappa shape index (κ2) is 12.5. The van der Waals surface area contributed by atoms with Gasteiger partial charge < -0.3 is 9.80 Å². The highest BCUT2D eigenvalue weighted by atomic mass is 32.1. The lowest BCUT2D eigenvalue weighted by molar-refractivity contribution is 1.28. The first-order valence-electron chi connectivity index (χ1n) is 17.6. The Morgan fingerprint density at radius 3 is 0.882 bits per heavy atom. The third-order valence-electron chi connectivity index (χ3n) is 10.1. The average molecular weight is 675 g/mol. The van der Waals surface area contributed by atoms with Gasteiger partial charge in [-0.2, -0.15) is 0 Å². The molecule has 51 heavy (non-hydrogen) atoms. The summed E-state index contributed by atoms with van der Waals surface area (Å²) in [6.45, 7) is 8.60. The van der Waals surface area contributed by atoms with Crippen LogP contribution in [-0.4, -0.2) is 0 Å². The molecule has 0 fully saturated rings. The van der Waals surface area contributed by atoms with Gasteiger partial charge in [-0.3, -0.25) is 0 Å². The van der Waals surface area contributed by atoms with Crippen LogP contribution < -0.4 is 9.80 Å². The van der Waals surface area contributed by atoms with Crippen LogP contribution in [0.2, 0.25) is 0 Å². The van der Waals surface area contributed by atoms with E-state index in [1.165, 1.54) is 75.3 Å². The molecule has 0 saturated carbocycles. The molecule has 9 rings (SSSR count). The highest BCUT2D eigenvalue weighted by Gasteiger charge is 2.23. The van der Waals surface area contributed by atoms with Crippen molar-refractivity contribution in [3.8, 4) is 0 Å². The Bertz CT molecular complexity index is 2420. The number of anilines is 6. The zero-order valence-corrected chi connectivity index (χ0v) is 30.1. The maximum atomic E-state index is 2.44. The number of nitrogens with zero attached hydrogens (tertiary/aromatic N) is 2. The van der Waals surface area contributed by atoms with E-state index in [2.05, 4.69) is 195 Å². The lowest BCUT2D eigenvalue weighted by Crippen LogP contribution is -2.11. The monoisotopic (exact) mass is 674 g/mol. The van der Waals surface area contributed by atoms with E-state index >= 15 is 0 Å². The van der Waals surface area contributed by atoms with E-state index in [-0.39, 0.29) is 0 Å². The van der Waals surface area contributed by atoms with E-state index in [0.29, 0.717) is 0 Å². The number of aryl methyl sites for hydroxylation is 4. The standard InChI is InChI=1S/C48H38N2S/c1-31-13-21-35(22-14-31)49(36-23-15-32(2)16-24-36)45-29-43-44-30-46(50(37-25-17-33(3)18-26-37)38-27-19-34(4)20-28-38)40-10-6-8-12-42(40)48(44)51-47(43)41-11-7-5-9-39(41)45/h5-30H,1-4H3. The molecule has 1 heterocycles. The number of thiophene rings is 1. The van der Waals surface area contributed by atoms with Crippen molar-refractivity contribution in [3.63, 3.8) is 0 Å². The highest BCUT2D eigenvalue weighted by molar-refractivity contribution is 7.27. The second-order valence-electron chi connectivity index (χ2n) is 13.8. The Kier molecular flexibility index (Phi) is 7.60. The van der Waals surface area contributed by atoms with Crippen LogP contribution in [0, 0.1) is 27.7 Å². The third kappa shape index (κ3) is 5.42. The lowest BCUT2D eigenvalue weighted by atomic mass is 9.99. The maximum Gasteiger partial charge on any atom is 0.0547 e. The first-order valence-corrected chi connectivity index (χ1v) is 18.4. The van der Waals surface area contributed by atoms with Crippen LogP contribution in [0.1, 0.15) is 22.3 Å². The van der Waals surface area contributed by atoms with E-state index in [9.17, 15) is 0 Å². The van der Waals surface area contributed by atoms with Gasteiger partial charge in [-0.1, -0.05) is 119 Å². The summed E-state index contributed by atoms with van der Waals surface area (Å²) in [5.41, 5.74) is 11.9. The van der Waals surface area contributed by atoms with Gasteiger partial charge in [0.25, 0.3) is 0 Å². The van der Waals surface area contributed by atoms with Gasteiger partial charge in [0, 0.05) is 64.5 Å². The lowest BCUT2D eigenvalue weighted by Gasteiger charge is -2.28. The summed E-state index contributed by atoms with van der Waals surface area (Å²) >= 11 is 1.92. The van der Waals surface area contributed by atoms with Crippen LogP contribution in [0.3, 0.4) is 0 Å². The fraction of sp³-hybridized carbons (Fsp3) is 0.0833. The second-order valence-corrected chi connectivity index (χ2v) is 14.8. The highest BCUT2D eigenvalue weighted by Crippen LogP contribution is 2.50. The van der Waals surface area contributed by atoms with Gasteiger partial charge in [-0.25, -0.2) is 0 Å². The van der Waals surface area contributed by atoms with E-state index in [1.807, 2.05) is 11.3 Å². The third-order valence-corrected chi connectivity index (χ3v) is 11.4. The largest absolute Gasteiger partial charge is 0.310 e. The van der Waals surface area contributed by atoms with Crippen molar-refractivity contribution in [1.82, 2.24) is 0 Å². The van der Waals surface area contributed by atoms with Crippen LogP contribution in [0.4, 0.5) is 34.1 Å². The minimum absolute atomic E-state index is 1.14. The fourth-order valence-electron chi connectivity index (χ4n) is 7.38. The number of hydrogen-bond acceptors (Lipinski definition) is 3. The SMILES string of the molecule is Cc1ccc(N(c2ccc(C)cc2)c2cc3c4cc(N(c5ccc(C)cc5)c5ccc(C)cc5)c5ccccc5c4sc3c3ccccc23)cc1. The molecule has 1 aromatic heterocycles.